The lowest BCUT2D eigenvalue weighted by molar-refractivity contribution is -0.167. The molecule has 234 valence electrons. The van der Waals surface area contributed by atoms with Gasteiger partial charge in [0.05, 0.1) is 12.7 Å². The van der Waals surface area contributed by atoms with Gasteiger partial charge in [0.15, 0.2) is 0 Å². The van der Waals surface area contributed by atoms with Crippen LogP contribution in [-0.2, 0) is 30.4 Å². The van der Waals surface area contributed by atoms with Gasteiger partial charge in [0.2, 0.25) is 5.91 Å². The molecule has 0 aromatic rings. The molecule has 9 heteroatoms. The quantitative estimate of drug-likeness (QED) is 0.175. The molecule has 4 fully saturated rings. The van der Waals surface area contributed by atoms with Crippen molar-refractivity contribution >= 4 is 30.2 Å². The highest BCUT2D eigenvalue weighted by atomic mass is 32.5. The molecule has 4 aliphatic carbocycles. The van der Waals surface area contributed by atoms with Gasteiger partial charge >= 0.3 is 6.72 Å². The average molecular weight is 612 g/mol. The van der Waals surface area contributed by atoms with Crippen LogP contribution in [0, 0.1) is 46.3 Å². The van der Waals surface area contributed by atoms with Gasteiger partial charge in [-0.2, -0.15) is 0 Å². The highest BCUT2D eigenvalue weighted by Gasteiger charge is 2.63. The van der Waals surface area contributed by atoms with E-state index in [-0.39, 0.29) is 53.6 Å². The normalized spacial score (nSPS) is 40.7. The van der Waals surface area contributed by atoms with E-state index in [1.54, 1.807) is 0 Å². The number of allylic oxidation sites excluding steroid dienone is 1. The zero-order valence-corrected chi connectivity index (χ0v) is 27.6. The molecule has 7 unspecified atom stereocenters. The first kappa shape index (κ1) is 33.3. The molecule has 0 bridgehead atoms. The fourth-order valence-corrected chi connectivity index (χ4v) is 10.6. The molecule has 0 aliphatic heterocycles. The van der Waals surface area contributed by atoms with E-state index in [1.165, 1.54) is 7.11 Å². The third-order valence-electron chi connectivity index (χ3n) is 11.9. The SMILES string of the molecule is CCC=CCC(=O)N[C@@H]1CC[C@@]2(C)C(CC(O)C3C2CC[C@@]2(C)C3CCC2[C@H](C)CC(=O)CCOP(O)(=S)OC)C1. The Kier molecular flexibility index (Phi) is 11.0. The van der Waals surface area contributed by atoms with Crippen LogP contribution in [0.1, 0.15) is 105 Å². The Bertz CT molecular complexity index is 1020. The number of rotatable bonds is 12. The molecule has 3 N–H and O–H groups in total. The number of carbonyl (C=O) groups excluding carboxylic acids is 2. The summed E-state index contributed by atoms with van der Waals surface area (Å²) in [5, 5.41) is 15.0. The van der Waals surface area contributed by atoms with E-state index < -0.39 is 6.72 Å². The molecule has 0 aromatic carbocycles. The summed E-state index contributed by atoms with van der Waals surface area (Å²) in [7, 11) is 1.32. The molecule has 1 amide bonds. The predicted octanol–water partition coefficient (Wildman–Crippen LogP) is 6.32. The zero-order chi connectivity index (χ0) is 30.0. The van der Waals surface area contributed by atoms with Crippen LogP contribution >= 0.6 is 6.72 Å². The fourth-order valence-electron chi connectivity index (χ4n) is 9.90. The topological polar surface area (TPSA) is 105 Å². The van der Waals surface area contributed by atoms with Gasteiger partial charge in [0, 0.05) is 32.4 Å². The lowest BCUT2D eigenvalue weighted by Gasteiger charge is -2.62. The Hall–Kier alpha value is -0.630. The minimum atomic E-state index is -3.23. The fraction of sp³-hybridized carbons (Fsp3) is 0.875. The predicted molar refractivity (Wildman–Crippen MR) is 165 cm³/mol. The van der Waals surface area contributed by atoms with Gasteiger partial charge in [-0.1, -0.05) is 39.8 Å². The minimum Gasteiger partial charge on any atom is -0.393 e. The van der Waals surface area contributed by atoms with E-state index in [9.17, 15) is 19.6 Å². The van der Waals surface area contributed by atoms with Crippen molar-refractivity contribution < 1.29 is 28.6 Å². The maximum Gasteiger partial charge on any atom is 0.324 e. The number of amides is 1. The van der Waals surface area contributed by atoms with Crippen molar-refractivity contribution in [3.05, 3.63) is 12.2 Å². The largest absolute Gasteiger partial charge is 0.393 e. The van der Waals surface area contributed by atoms with Gasteiger partial charge in [0.25, 0.3) is 0 Å². The maximum atomic E-state index is 12.8. The number of carbonyl (C=O) groups is 2. The Balaban J connectivity index is 1.37. The first-order valence-electron chi connectivity index (χ1n) is 16.0. The second-order valence-electron chi connectivity index (χ2n) is 14.1. The molecule has 7 nitrogen and oxygen atoms in total. The Morgan fingerprint density at radius 3 is 2.51 bits per heavy atom. The van der Waals surface area contributed by atoms with Crippen LogP contribution in [-0.4, -0.2) is 47.6 Å². The summed E-state index contributed by atoms with van der Waals surface area (Å²) in [6, 6.07) is 0.212. The number of hydrogen-bond acceptors (Lipinski definition) is 6. The number of fused-ring (bicyclic) bond motifs is 5. The third kappa shape index (κ3) is 7.20. The summed E-state index contributed by atoms with van der Waals surface area (Å²) >= 11 is 4.86. The summed E-state index contributed by atoms with van der Waals surface area (Å²) in [6.45, 7) is 6.08. The Morgan fingerprint density at radius 2 is 1.80 bits per heavy atom. The van der Waals surface area contributed by atoms with E-state index in [1.807, 2.05) is 12.2 Å². The number of Topliss-reactive ketones (excluding diaryl/α,β-unsaturated/α-hetero) is 1. The summed E-state index contributed by atoms with van der Waals surface area (Å²) in [5.41, 5.74) is 0.354. The van der Waals surface area contributed by atoms with E-state index in [0.717, 1.165) is 57.8 Å². The number of ketones is 1. The maximum absolute atomic E-state index is 12.8. The summed E-state index contributed by atoms with van der Waals surface area (Å²) < 4.78 is 10.0. The zero-order valence-electron chi connectivity index (χ0n) is 25.8. The summed E-state index contributed by atoms with van der Waals surface area (Å²) in [6.07, 6.45) is 14.4. The van der Waals surface area contributed by atoms with Gasteiger partial charge in [-0.3, -0.25) is 9.59 Å². The van der Waals surface area contributed by atoms with E-state index in [0.29, 0.717) is 42.4 Å². The van der Waals surface area contributed by atoms with Crippen LogP contribution in [0.25, 0.3) is 0 Å². The van der Waals surface area contributed by atoms with Gasteiger partial charge in [-0.05, 0) is 116 Å². The first-order chi connectivity index (χ1) is 19.3. The molecule has 0 saturated heterocycles. The van der Waals surface area contributed by atoms with E-state index >= 15 is 0 Å². The van der Waals surface area contributed by atoms with Crippen LogP contribution in [0.3, 0.4) is 0 Å². The van der Waals surface area contributed by atoms with Crippen molar-refractivity contribution in [3.8, 4) is 0 Å². The average Bonchev–Trinajstić information content (AvgIpc) is 3.27. The number of nitrogens with one attached hydrogen (secondary N) is 1. The smallest absolute Gasteiger partial charge is 0.324 e. The van der Waals surface area contributed by atoms with Crippen molar-refractivity contribution in [2.24, 2.45) is 46.3 Å². The van der Waals surface area contributed by atoms with Gasteiger partial charge < -0.3 is 24.4 Å². The molecule has 4 saturated carbocycles. The molecule has 0 heterocycles. The van der Waals surface area contributed by atoms with Crippen LogP contribution < -0.4 is 5.32 Å². The molecule has 0 radical (unpaired) electrons. The molecule has 4 rings (SSSR count). The lowest BCUT2D eigenvalue weighted by atomic mass is 9.43. The standard InChI is InChI=1S/C32H54NO6PS/c1-6-7-8-9-29(36)33-23-12-15-31(3)22(19-23)20-28(35)30-26-11-10-25(32(26,4)16-13-27(30)31)21(2)18-24(34)14-17-39-40(37,41)38-5/h7-8,21-23,25-28,30,35H,6,9-20H2,1-5H3,(H,33,36)(H,37,41)/t21-,22?,23-,25?,26?,27?,28?,30?,31+,32-,40?/m1/s1. The van der Waals surface area contributed by atoms with Gasteiger partial charge in [0.1, 0.15) is 5.78 Å². The molecule has 0 aromatic heterocycles. The van der Waals surface area contributed by atoms with Crippen molar-refractivity contribution in [3.63, 3.8) is 0 Å². The van der Waals surface area contributed by atoms with Crippen molar-refractivity contribution in [2.75, 3.05) is 13.7 Å². The number of hydrogen-bond donors (Lipinski definition) is 3. The second kappa shape index (κ2) is 13.6. The molecular weight excluding hydrogens is 557 g/mol. The lowest BCUT2D eigenvalue weighted by Crippen LogP contribution is -2.59. The Labute approximate surface area is 252 Å². The highest BCUT2D eigenvalue weighted by molar-refractivity contribution is 8.07. The molecular formula is C32H54NO6PS. The van der Waals surface area contributed by atoms with E-state index in [2.05, 4.69) is 33.0 Å². The first-order valence-corrected chi connectivity index (χ1v) is 18.6. The van der Waals surface area contributed by atoms with Crippen LogP contribution in [0.4, 0.5) is 0 Å². The summed E-state index contributed by atoms with van der Waals surface area (Å²) in [4.78, 5) is 35.0. The monoisotopic (exact) mass is 611 g/mol. The molecule has 4 aliphatic rings. The van der Waals surface area contributed by atoms with Crippen molar-refractivity contribution in [1.29, 1.82) is 0 Å². The minimum absolute atomic E-state index is 0.0911. The van der Waals surface area contributed by atoms with Crippen LogP contribution in [0.5, 0.6) is 0 Å². The molecule has 41 heavy (non-hydrogen) atoms. The van der Waals surface area contributed by atoms with Gasteiger partial charge in [-0.15, -0.1) is 0 Å². The van der Waals surface area contributed by atoms with E-state index in [4.69, 9.17) is 20.9 Å². The molecule has 0 spiro atoms. The second-order valence-corrected chi connectivity index (χ2v) is 17.0. The molecule has 11 atom stereocenters. The van der Waals surface area contributed by atoms with Crippen LogP contribution in [0.15, 0.2) is 12.2 Å². The number of aliphatic hydroxyl groups is 1. The van der Waals surface area contributed by atoms with Crippen molar-refractivity contribution in [1.82, 2.24) is 5.32 Å². The van der Waals surface area contributed by atoms with Crippen LogP contribution in [0.2, 0.25) is 0 Å². The number of aliphatic hydroxyl groups excluding tert-OH is 1. The van der Waals surface area contributed by atoms with Crippen molar-refractivity contribution in [2.45, 2.75) is 117 Å². The Morgan fingerprint density at radius 1 is 1.10 bits per heavy atom. The third-order valence-corrected chi connectivity index (χ3v) is 13.7. The summed E-state index contributed by atoms with van der Waals surface area (Å²) in [5.74, 6) is 2.76. The highest BCUT2D eigenvalue weighted by Crippen LogP contribution is 2.68. The van der Waals surface area contributed by atoms with Gasteiger partial charge in [-0.25, -0.2) is 0 Å².